The molecule has 18 heavy (non-hydrogen) atoms. The Morgan fingerprint density at radius 1 is 1.17 bits per heavy atom. The van der Waals surface area contributed by atoms with E-state index in [0.717, 1.165) is 17.8 Å². The first-order valence-corrected chi connectivity index (χ1v) is 6.06. The number of hydrogen-bond acceptors (Lipinski definition) is 4. The summed E-state index contributed by atoms with van der Waals surface area (Å²) < 4.78 is 26.3. The molecule has 1 N–H and O–H groups in total. The number of nitrogens with one attached hydrogen (secondary N) is 1. The van der Waals surface area contributed by atoms with Crippen molar-refractivity contribution in [3.8, 4) is 0 Å². The molecule has 0 aliphatic carbocycles. The van der Waals surface area contributed by atoms with Gasteiger partial charge in [-0.25, -0.2) is 18.7 Å². The lowest BCUT2D eigenvalue weighted by Gasteiger charge is -2.06. The van der Waals surface area contributed by atoms with Gasteiger partial charge in [0.25, 0.3) is 0 Å². The number of nitrogens with zero attached hydrogens (tertiary/aromatic N) is 2. The molecule has 1 heterocycles. The summed E-state index contributed by atoms with van der Waals surface area (Å²) in [6.07, 6.45) is 0. The van der Waals surface area contributed by atoms with Crippen LogP contribution in [0.4, 0.5) is 14.6 Å². The van der Waals surface area contributed by atoms with Crippen LogP contribution in [0, 0.1) is 18.6 Å². The van der Waals surface area contributed by atoms with Crippen molar-refractivity contribution in [2.45, 2.75) is 16.8 Å². The van der Waals surface area contributed by atoms with Crippen LogP contribution in [0.3, 0.4) is 0 Å². The third-order valence-corrected chi connectivity index (χ3v) is 3.15. The number of benzene rings is 1. The van der Waals surface area contributed by atoms with E-state index >= 15 is 0 Å². The van der Waals surface area contributed by atoms with E-state index in [1.807, 2.05) is 0 Å². The molecular weight excluding hydrogens is 256 g/mol. The molecule has 3 nitrogen and oxygen atoms in total. The van der Waals surface area contributed by atoms with E-state index in [9.17, 15) is 8.78 Å². The van der Waals surface area contributed by atoms with Gasteiger partial charge in [-0.15, -0.1) is 0 Å². The minimum Gasteiger partial charge on any atom is -0.373 e. The average molecular weight is 267 g/mol. The standard InChI is InChI=1S/C12H11F2N3S/c1-7-16-11(15-2)6-12(17-7)18-10-4-3-8(13)5-9(10)14/h3-6H,1-2H3,(H,15,16,17). The normalized spacial score (nSPS) is 10.4. The quantitative estimate of drug-likeness (QED) is 0.866. The first-order valence-electron chi connectivity index (χ1n) is 5.25. The number of halogens is 2. The first kappa shape index (κ1) is 12.8. The molecule has 2 aromatic rings. The largest absolute Gasteiger partial charge is 0.373 e. The molecule has 0 fully saturated rings. The number of aryl methyl sites for hydroxylation is 1. The minimum atomic E-state index is -0.595. The fraction of sp³-hybridized carbons (Fsp3) is 0.167. The number of rotatable bonds is 3. The van der Waals surface area contributed by atoms with Crippen LogP contribution in [0.15, 0.2) is 34.2 Å². The zero-order valence-electron chi connectivity index (χ0n) is 9.87. The van der Waals surface area contributed by atoms with Crippen LogP contribution in [0.25, 0.3) is 0 Å². The maximum atomic E-state index is 13.5. The summed E-state index contributed by atoms with van der Waals surface area (Å²) in [6, 6.07) is 5.18. The molecule has 0 saturated carbocycles. The Hall–Kier alpha value is -1.69. The van der Waals surface area contributed by atoms with Gasteiger partial charge in [-0.2, -0.15) is 0 Å². The molecule has 2 rings (SSSR count). The first-order chi connectivity index (χ1) is 8.58. The highest BCUT2D eigenvalue weighted by Crippen LogP contribution is 2.29. The summed E-state index contributed by atoms with van der Waals surface area (Å²) in [7, 11) is 1.74. The van der Waals surface area contributed by atoms with E-state index in [2.05, 4.69) is 15.3 Å². The van der Waals surface area contributed by atoms with Crippen LogP contribution in [0.5, 0.6) is 0 Å². The van der Waals surface area contributed by atoms with Gasteiger partial charge in [-0.05, 0) is 19.1 Å². The van der Waals surface area contributed by atoms with Gasteiger partial charge in [0.2, 0.25) is 0 Å². The summed E-state index contributed by atoms with van der Waals surface area (Å²) in [5.74, 6) is 0.0632. The van der Waals surface area contributed by atoms with E-state index in [1.165, 1.54) is 12.1 Å². The minimum absolute atomic E-state index is 0.330. The molecule has 94 valence electrons. The lowest BCUT2D eigenvalue weighted by molar-refractivity contribution is 0.565. The zero-order valence-corrected chi connectivity index (χ0v) is 10.7. The molecule has 0 aliphatic heterocycles. The molecule has 0 aliphatic rings. The fourth-order valence-corrected chi connectivity index (χ4v) is 2.26. The van der Waals surface area contributed by atoms with Crippen LogP contribution in [-0.2, 0) is 0 Å². The Kier molecular flexibility index (Phi) is 3.76. The second-order valence-electron chi connectivity index (χ2n) is 3.57. The molecule has 0 radical (unpaired) electrons. The van der Waals surface area contributed by atoms with E-state index in [0.29, 0.717) is 21.6 Å². The van der Waals surface area contributed by atoms with Gasteiger partial charge >= 0.3 is 0 Å². The molecule has 0 saturated heterocycles. The van der Waals surface area contributed by atoms with Crippen LogP contribution in [-0.4, -0.2) is 17.0 Å². The molecular formula is C12H11F2N3S. The van der Waals surface area contributed by atoms with E-state index in [4.69, 9.17) is 0 Å². The molecule has 0 bridgehead atoms. The van der Waals surface area contributed by atoms with Gasteiger partial charge in [-0.1, -0.05) is 11.8 Å². The van der Waals surface area contributed by atoms with Crippen molar-refractivity contribution < 1.29 is 8.78 Å². The summed E-state index contributed by atoms with van der Waals surface area (Å²) in [4.78, 5) is 8.66. The van der Waals surface area contributed by atoms with Gasteiger partial charge < -0.3 is 5.32 Å². The third-order valence-electron chi connectivity index (χ3n) is 2.18. The summed E-state index contributed by atoms with van der Waals surface area (Å²) in [5, 5.41) is 3.51. The second kappa shape index (κ2) is 5.30. The van der Waals surface area contributed by atoms with Crippen molar-refractivity contribution in [3.05, 3.63) is 41.7 Å². The maximum Gasteiger partial charge on any atom is 0.140 e. The van der Waals surface area contributed by atoms with Crippen LogP contribution in [0.1, 0.15) is 5.82 Å². The van der Waals surface area contributed by atoms with Crippen molar-refractivity contribution in [3.63, 3.8) is 0 Å². The molecule has 0 spiro atoms. The van der Waals surface area contributed by atoms with Crippen LogP contribution < -0.4 is 5.32 Å². The summed E-state index contributed by atoms with van der Waals surface area (Å²) in [6.45, 7) is 1.76. The summed E-state index contributed by atoms with van der Waals surface area (Å²) in [5.41, 5.74) is 0. The van der Waals surface area contributed by atoms with E-state index in [1.54, 1.807) is 20.0 Å². The average Bonchev–Trinajstić information content (AvgIpc) is 2.32. The molecule has 0 amide bonds. The Balaban J connectivity index is 2.30. The van der Waals surface area contributed by atoms with Crippen molar-refractivity contribution in [2.75, 3.05) is 12.4 Å². The van der Waals surface area contributed by atoms with Crippen molar-refractivity contribution in [1.82, 2.24) is 9.97 Å². The van der Waals surface area contributed by atoms with E-state index < -0.39 is 11.6 Å². The van der Waals surface area contributed by atoms with Gasteiger partial charge in [0, 0.05) is 24.1 Å². The highest BCUT2D eigenvalue weighted by atomic mass is 32.2. The third kappa shape index (κ3) is 2.95. The summed E-state index contributed by atoms with van der Waals surface area (Å²) >= 11 is 1.13. The predicted octanol–water partition coefficient (Wildman–Crippen LogP) is 3.26. The fourth-order valence-electron chi connectivity index (χ4n) is 1.39. The SMILES string of the molecule is CNc1cc(Sc2ccc(F)cc2F)nc(C)n1. The lowest BCUT2D eigenvalue weighted by atomic mass is 10.3. The molecule has 6 heteroatoms. The number of hydrogen-bond donors (Lipinski definition) is 1. The Morgan fingerprint density at radius 3 is 2.61 bits per heavy atom. The molecule has 1 aromatic carbocycles. The van der Waals surface area contributed by atoms with Crippen molar-refractivity contribution in [2.24, 2.45) is 0 Å². The van der Waals surface area contributed by atoms with Gasteiger partial charge in [0.15, 0.2) is 0 Å². The van der Waals surface area contributed by atoms with Gasteiger partial charge in [0.1, 0.15) is 28.3 Å². The van der Waals surface area contributed by atoms with E-state index in [-0.39, 0.29) is 0 Å². The molecule has 0 unspecified atom stereocenters. The monoisotopic (exact) mass is 267 g/mol. The highest BCUT2D eigenvalue weighted by molar-refractivity contribution is 7.99. The zero-order chi connectivity index (χ0) is 13.1. The topological polar surface area (TPSA) is 37.8 Å². The van der Waals surface area contributed by atoms with Gasteiger partial charge in [0.05, 0.1) is 0 Å². The lowest BCUT2D eigenvalue weighted by Crippen LogP contribution is -1.97. The number of anilines is 1. The second-order valence-corrected chi connectivity index (χ2v) is 4.63. The van der Waals surface area contributed by atoms with Crippen LogP contribution in [0.2, 0.25) is 0 Å². The molecule has 1 aromatic heterocycles. The molecule has 0 atom stereocenters. The Labute approximate surface area is 108 Å². The van der Waals surface area contributed by atoms with Crippen molar-refractivity contribution >= 4 is 17.6 Å². The van der Waals surface area contributed by atoms with Crippen LogP contribution >= 0.6 is 11.8 Å². The Morgan fingerprint density at radius 2 is 1.94 bits per heavy atom. The highest BCUT2D eigenvalue weighted by Gasteiger charge is 2.08. The Bertz CT molecular complexity index is 575. The maximum absolute atomic E-state index is 13.5. The predicted molar refractivity (Wildman–Crippen MR) is 66.8 cm³/mol. The number of aromatic nitrogens is 2. The van der Waals surface area contributed by atoms with Crippen molar-refractivity contribution in [1.29, 1.82) is 0 Å². The van der Waals surface area contributed by atoms with Gasteiger partial charge in [-0.3, -0.25) is 0 Å². The smallest absolute Gasteiger partial charge is 0.140 e.